The van der Waals surface area contributed by atoms with E-state index in [1.807, 2.05) is 24.3 Å². The Labute approximate surface area is 115 Å². The maximum Gasteiger partial charge on any atom is 0.243 e. The van der Waals surface area contributed by atoms with E-state index in [1.54, 1.807) is 7.11 Å². The van der Waals surface area contributed by atoms with Crippen LogP contribution in [0.2, 0.25) is 0 Å². The highest BCUT2D eigenvalue weighted by molar-refractivity contribution is 5.88. The van der Waals surface area contributed by atoms with Crippen LogP contribution in [0.5, 0.6) is 5.75 Å². The number of hydrogen-bond acceptors (Lipinski definition) is 3. The first-order chi connectivity index (χ1) is 9.07. The monoisotopic (exact) mass is 264 g/mol. The summed E-state index contributed by atoms with van der Waals surface area (Å²) in [5, 5.41) is 3.32. The summed E-state index contributed by atoms with van der Waals surface area (Å²) in [7, 11) is 1.63. The quantitative estimate of drug-likeness (QED) is 0.758. The minimum absolute atomic E-state index is 0.285. The maximum atomic E-state index is 11.9. The standard InChI is InChI=1S/C15H24N2O2/c1-4-10-15(11-5-2,14(16)18)17-12-6-8-13(19-3)9-7-12/h6-9,17H,4-5,10-11H2,1-3H3,(H2,16,18). The van der Waals surface area contributed by atoms with Gasteiger partial charge in [0.25, 0.3) is 0 Å². The molecule has 0 aliphatic rings. The van der Waals surface area contributed by atoms with Gasteiger partial charge in [-0.05, 0) is 37.1 Å². The van der Waals surface area contributed by atoms with Gasteiger partial charge in [0.1, 0.15) is 11.3 Å². The van der Waals surface area contributed by atoms with Gasteiger partial charge in [-0.1, -0.05) is 26.7 Å². The molecule has 19 heavy (non-hydrogen) atoms. The highest BCUT2D eigenvalue weighted by Crippen LogP contribution is 2.26. The number of benzene rings is 1. The van der Waals surface area contributed by atoms with Crippen LogP contribution in [0.25, 0.3) is 0 Å². The molecule has 0 fully saturated rings. The Bertz CT molecular complexity index is 395. The lowest BCUT2D eigenvalue weighted by molar-refractivity contribution is -0.122. The lowest BCUT2D eigenvalue weighted by Gasteiger charge is -2.32. The number of nitrogens with two attached hydrogens (primary N) is 1. The Hall–Kier alpha value is -1.71. The molecule has 0 saturated carbocycles. The van der Waals surface area contributed by atoms with Gasteiger partial charge in [0.05, 0.1) is 7.11 Å². The van der Waals surface area contributed by atoms with Crippen molar-refractivity contribution in [3.05, 3.63) is 24.3 Å². The average molecular weight is 264 g/mol. The summed E-state index contributed by atoms with van der Waals surface area (Å²) >= 11 is 0. The van der Waals surface area contributed by atoms with Crippen LogP contribution >= 0.6 is 0 Å². The van der Waals surface area contributed by atoms with E-state index in [9.17, 15) is 4.79 Å². The van der Waals surface area contributed by atoms with E-state index < -0.39 is 5.54 Å². The molecule has 0 spiro atoms. The predicted molar refractivity (Wildman–Crippen MR) is 78.4 cm³/mol. The molecule has 1 aromatic carbocycles. The molecule has 0 atom stereocenters. The number of ether oxygens (including phenoxy) is 1. The zero-order valence-electron chi connectivity index (χ0n) is 12.0. The van der Waals surface area contributed by atoms with E-state index >= 15 is 0 Å². The first-order valence-electron chi connectivity index (χ1n) is 6.80. The molecule has 0 heterocycles. The molecular weight excluding hydrogens is 240 g/mol. The Morgan fingerprint density at radius 2 is 1.74 bits per heavy atom. The average Bonchev–Trinajstić information content (AvgIpc) is 2.40. The number of amides is 1. The summed E-state index contributed by atoms with van der Waals surface area (Å²) < 4.78 is 5.12. The molecule has 0 bridgehead atoms. The smallest absolute Gasteiger partial charge is 0.243 e. The molecule has 0 aromatic heterocycles. The fourth-order valence-electron chi connectivity index (χ4n) is 2.36. The van der Waals surface area contributed by atoms with Crippen molar-refractivity contribution >= 4 is 11.6 Å². The number of carbonyl (C=O) groups is 1. The third kappa shape index (κ3) is 3.88. The molecule has 0 saturated heterocycles. The number of hydrogen-bond donors (Lipinski definition) is 2. The first-order valence-corrected chi connectivity index (χ1v) is 6.80. The number of rotatable bonds is 8. The van der Waals surface area contributed by atoms with Crippen molar-refractivity contribution in [1.29, 1.82) is 0 Å². The van der Waals surface area contributed by atoms with Crippen molar-refractivity contribution in [2.75, 3.05) is 12.4 Å². The summed E-state index contributed by atoms with van der Waals surface area (Å²) in [6.07, 6.45) is 3.29. The van der Waals surface area contributed by atoms with Crippen molar-refractivity contribution in [2.45, 2.75) is 45.1 Å². The Morgan fingerprint density at radius 1 is 1.21 bits per heavy atom. The fraction of sp³-hybridized carbons (Fsp3) is 0.533. The number of methoxy groups -OCH3 is 1. The zero-order valence-corrected chi connectivity index (χ0v) is 12.0. The van der Waals surface area contributed by atoms with Crippen LogP contribution in [0.15, 0.2) is 24.3 Å². The minimum Gasteiger partial charge on any atom is -0.497 e. The fourth-order valence-corrected chi connectivity index (χ4v) is 2.36. The van der Waals surface area contributed by atoms with Crippen molar-refractivity contribution in [1.82, 2.24) is 0 Å². The minimum atomic E-state index is -0.655. The summed E-state index contributed by atoms with van der Waals surface area (Å²) in [6, 6.07) is 7.54. The van der Waals surface area contributed by atoms with Crippen molar-refractivity contribution in [3.63, 3.8) is 0 Å². The molecule has 4 heteroatoms. The largest absolute Gasteiger partial charge is 0.497 e. The number of anilines is 1. The number of carbonyl (C=O) groups excluding carboxylic acids is 1. The van der Waals surface area contributed by atoms with Gasteiger partial charge in [0.2, 0.25) is 5.91 Å². The molecule has 1 aromatic rings. The van der Waals surface area contributed by atoms with Gasteiger partial charge in [-0.2, -0.15) is 0 Å². The van der Waals surface area contributed by atoms with Crippen LogP contribution in [-0.4, -0.2) is 18.6 Å². The second-order valence-corrected chi connectivity index (χ2v) is 4.80. The van der Waals surface area contributed by atoms with E-state index in [-0.39, 0.29) is 5.91 Å². The first kappa shape index (κ1) is 15.3. The van der Waals surface area contributed by atoms with Gasteiger partial charge in [0.15, 0.2) is 0 Å². The van der Waals surface area contributed by atoms with E-state index in [2.05, 4.69) is 19.2 Å². The second-order valence-electron chi connectivity index (χ2n) is 4.80. The van der Waals surface area contributed by atoms with Crippen LogP contribution < -0.4 is 15.8 Å². The Morgan fingerprint density at radius 3 is 2.11 bits per heavy atom. The summed E-state index contributed by atoms with van der Waals surface area (Å²) in [4.78, 5) is 11.9. The van der Waals surface area contributed by atoms with Gasteiger partial charge in [0, 0.05) is 5.69 Å². The van der Waals surface area contributed by atoms with Gasteiger partial charge in [-0.15, -0.1) is 0 Å². The molecule has 4 nitrogen and oxygen atoms in total. The molecule has 106 valence electrons. The van der Waals surface area contributed by atoms with Crippen LogP contribution in [-0.2, 0) is 4.79 Å². The maximum absolute atomic E-state index is 11.9. The van der Waals surface area contributed by atoms with Gasteiger partial charge < -0.3 is 15.8 Å². The highest BCUT2D eigenvalue weighted by atomic mass is 16.5. The van der Waals surface area contributed by atoms with E-state index in [0.717, 1.165) is 37.1 Å². The third-order valence-corrected chi connectivity index (χ3v) is 3.30. The van der Waals surface area contributed by atoms with Crippen LogP contribution in [0.1, 0.15) is 39.5 Å². The molecule has 0 radical (unpaired) electrons. The highest BCUT2D eigenvalue weighted by Gasteiger charge is 2.34. The Balaban J connectivity index is 2.94. The van der Waals surface area contributed by atoms with Crippen LogP contribution in [0, 0.1) is 0 Å². The second kappa shape index (κ2) is 7.02. The van der Waals surface area contributed by atoms with Crippen molar-refractivity contribution < 1.29 is 9.53 Å². The SMILES string of the molecule is CCCC(CCC)(Nc1ccc(OC)cc1)C(N)=O. The van der Waals surface area contributed by atoms with Crippen LogP contribution in [0.4, 0.5) is 5.69 Å². The normalized spacial score (nSPS) is 11.1. The third-order valence-electron chi connectivity index (χ3n) is 3.30. The lowest BCUT2D eigenvalue weighted by Crippen LogP contribution is -2.50. The summed E-state index contributed by atoms with van der Waals surface area (Å²) in [5.74, 6) is 0.508. The zero-order chi connectivity index (χ0) is 14.3. The molecule has 0 unspecified atom stereocenters. The summed E-state index contributed by atoms with van der Waals surface area (Å²) in [5.41, 5.74) is 5.86. The lowest BCUT2D eigenvalue weighted by atomic mass is 9.87. The predicted octanol–water partition coefficient (Wildman–Crippen LogP) is 2.93. The molecule has 0 aliphatic carbocycles. The topological polar surface area (TPSA) is 64.3 Å². The van der Waals surface area contributed by atoms with E-state index in [0.29, 0.717) is 0 Å². The van der Waals surface area contributed by atoms with Crippen molar-refractivity contribution in [2.24, 2.45) is 5.73 Å². The number of nitrogens with one attached hydrogen (secondary N) is 1. The molecular formula is C15H24N2O2. The molecule has 1 rings (SSSR count). The number of primary amides is 1. The van der Waals surface area contributed by atoms with Gasteiger partial charge >= 0.3 is 0 Å². The molecule has 1 amide bonds. The van der Waals surface area contributed by atoms with E-state index in [1.165, 1.54) is 0 Å². The molecule has 3 N–H and O–H groups in total. The van der Waals surface area contributed by atoms with Gasteiger partial charge in [-0.3, -0.25) is 4.79 Å². The van der Waals surface area contributed by atoms with E-state index in [4.69, 9.17) is 10.5 Å². The molecule has 0 aliphatic heterocycles. The van der Waals surface area contributed by atoms with Gasteiger partial charge in [-0.25, -0.2) is 0 Å². The Kier molecular flexibility index (Phi) is 5.67. The van der Waals surface area contributed by atoms with Crippen molar-refractivity contribution in [3.8, 4) is 5.75 Å². The van der Waals surface area contributed by atoms with Crippen LogP contribution in [0.3, 0.4) is 0 Å². The summed E-state index contributed by atoms with van der Waals surface area (Å²) in [6.45, 7) is 4.12.